The van der Waals surface area contributed by atoms with Crippen LogP contribution in [0.25, 0.3) is 10.9 Å². The molecule has 1 saturated heterocycles. The van der Waals surface area contributed by atoms with Gasteiger partial charge >= 0.3 is 0 Å². The van der Waals surface area contributed by atoms with Crippen LogP contribution in [0.3, 0.4) is 0 Å². The minimum atomic E-state index is 1.04. The number of anilines is 1. The largest absolute Gasteiger partial charge is 0.355 e. The van der Waals surface area contributed by atoms with Crippen molar-refractivity contribution in [1.29, 1.82) is 0 Å². The van der Waals surface area contributed by atoms with Crippen LogP contribution in [0, 0.1) is 0 Å². The van der Waals surface area contributed by atoms with Crippen molar-refractivity contribution in [2.24, 2.45) is 0 Å². The molecule has 0 atom stereocenters. The topological polar surface area (TPSA) is 21.1 Å². The molecule has 1 aromatic carbocycles. The van der Waals surface area contributed by atoms with E-state index in [2.05, 4.69) is 40.8 Å². The van der Waals surface area contributed by atoms with E-state index in [1.54, 1.807) is 0 Å². The molecule has 0 spiro atoms. The first-order valence-corrected chi connectivity index (χ1v) is 8.10. The van der Waals surface area contributed by atoms with Crippen LogP contribution in [-0.4, -0.2) is 22.9 Å². The van der Waals surface area contributed by atoms with E-state index in [0.29, 0.717) is 0 Å². The highest BCUT2D eigenvalue weighted by molar-refractivity contribution is 5.90. The molecular formula is C17H25N3. The molecule has 108 valence electrons. The molecule has 2 heterocycles. The molecule has 0 amide bonds. The lowest BCUT2D eigenvalue weighted by atomic mass is 10.1. The van der Waals surface area contributed by atoms with Crippen molar-refractivity contribution in [1.82, 2.24) is 9.78 Å². The smallest absolute Gasteiger partial charge is 0.158 e. The van der Waals surface area contributed by atoms with E-state index in [1.807, 2.05) is 0 Å². The summed E-state index contributed by atoms with van der Waals surface area (Å²) in [6.07, 6.45) is 7.74. The monoisotopic (exact) mass is 271 g/mol. The first-order valence-electron chi connectivity index (χ1n) is 8.10. The molecule has 1 aromatic heterocycles. The third kappa shape index (κ3) is 2.67. The number of benzene rings is 1. The average molecular weight is 271 g/mol. The minimum Gasteiger partial charge on any atom is -0.355 e. The van der Waals surface area contributed by atoms with Crippen LogP contribution < -0.4 is 4.90 Å². The zero-order chi connectivity index (χ0) is 13.8. The number of para-hydroxylation sites is 1. The zero-order valence-corrected chi connectivity index (χ0v) is 12.5. The van der Waals surface area contributed by atoms with E-state index in [-0.39, 0.29) is 0 Å². The van der Waals surface area contributed by atoms with Gasteiger partial charge in [-0.2, -0.15) is 5.10 Å². The second-order valence-corrected chi connectivity index (χ2v) is 5.82. The Labute approximate surface area is 121 Å². The normalized spacial score (nSPS) is 15.9. The molecule has 0 radical (unpaired) electrons. The van der Waals surface area contributed by atoms with Crippen molar-refractivity contribution >= 4 is 16.7 Å². The van der Waals surface area contributed by atoms with Gasteiger partial charge in [-0.15, -0.1) is 0 Å². The number of hydrogen-bond acceptors (Lipinski definition) is 2. The van der Waals surface area contributed by atoms with Crippen LogP contribution >= 0.6 is 0 Å². The van der Waals surface area contributed by atoms with Crippen LogP contribution in [0.1, 0.15) is 45.4 Å². The third-order valence-electron chi connectivity index (χ3n) is 4.27. The molecule has 3 nitrogen and oxygen atoms in total. The summed E-state index contributed by atoms with van der Waals surface area (Å²) >= 11 is 0. The number of rotatable bonds is 5. The SMILES string of the molecule is CCCCCn1nc(N2CCCCC2)c2ccccc21. The molecule has 1 aliphatic rings. The average Bonchev–Trinajstić information content (AvgIpc) is 2.88. The molecule has 3 rings (SSSR count). The summed E-state index contributed by atoms with van der Waals surface area (Å²) in [6.45, 7) is 5.62. The summed E-state index contributed by atoms with van der Waals surface area (Å²) in [4.78, 5) is 2.47. The molecule has 3 heteroatoms. The Morgan fingerprint density at radius 1 is 1.05 bits per heavy atom. The Morgan fingerprint density at radius 2 is 1.85 bits per heavy atom. The standard InChI is InChI=1S/C17H25N3/c1-2-3-7-14-20-16-11-6-5-10-15(16)17(18-20)19-12-8-4-9-13-19/h5-6,10-11H,2-4,7-9,12-14H2,1H3. The third-order valence-corrected chi connectivity index (χ3v) is 4.27. The summed E-state index contributed by atoms with van der Waals surface area (Å²) in [7, 11) is 0. The van der Waals surface area contributed by atoms with Crippen LogP contribution in [-0.2, 0) is 6.54 Å². The maximum absolute atomic E-state index is 4.93. The van der Waals surface area contributed by atoms with Crippen LogP contribution in [0.4, 0.5) is 5.82 Å². The molecule has 1 fully saturated rings. The molecule has 0 unspecified atom stereocenters. The lowest BCUT2D eigenvalue weighted by molar-refractivity contribution is 0.547. The highest BCUT2D eigenvalue weighted by atomic mass is 15.4. The van der Waals surface area contributed by atoms with E-state index in [1.165, 1.54) is 55.2 Å². The van der Waals surface area contributed by atoms with Crippen LogP contribution in [0.5, 0.6) is 0 Å². The van der Waals surface area contributed by atoms with Crippen molar-refractivity contribution < 1.29 is 0 Å². The van der Waals surface area contributed by atoms with Gasteiger partial charge in [0.2, 0.25) is 0 Å². The van der Waals surface area contributed by atoms with Gasteiger partial charge in [0, 0.05) is 25.0 Å². The molecule has 2 aromatic rings. The summed E-state index contributed by atoms with van der Waals surface area (Å²) in [5, 5.41) is 6.25. The number of aryl methyl sites for hydroxylation is 1. The lowest BCUT2D eigenvalue weighted by Gasteiger charge is -2.26. The van der Waals surface area contributed by atoms with Crippen LogP contribution in [0.2, 0.25) is 0 Å². The second-order valence-electron chi connectivity index (χ2n) is 5.82. The number of aromatic nitrogens is 2. The number of nitrogens with zero attached hydrogens (tertiary/aromatic N) is 3. The Balaban J connectivity index is 1.91. The van der Waals surface area contributed by atoms with Gasteiger partial charge in [0.1, 0.15) is 0 Å². The highest BCUT2D eigenvalue weighted by Gasteiger charge is 2.18. The Bertz CT molecular complexity index is 552. The molecule has 20 heavy (non-hydrogen) atoms. The van der Waals surface area contributed by atoms with E-state index in [0.717, 1.165) is 19.6 Å². The van der Waals surface area contributed by atoms with Gasteiger partial charge in [-0.25, -0.2) is 0 Å². The maximum Gasteiger partial charge on any atom is 0.158 e. The van der Waals surface area contributed by atoms with E-state index < -0.39 is 0 Å². The first-order chi connectivity index (χ1) is 9.90. The second kappa shape index (κ2) is 6.29. The predicted molar refractivity (Wildman–Crippen MR) is 85.3 cm³/mol. The number of fused-ring (bicyclic) bond motifs is 1. The molecule has 0 N–H and O–H groups in total. The molecule has 0 bridgehead atoms. The van der Waals surface area contributed by atoms with Gasteiger partial charge in [-0.3, -0.25) is 4.68 Å². The Kier molecular flexibility index (Phi) is 4.24. The number of piperidine rings is 1. The van der Waals surface area contributed by atoms with Gasteiger partial charge in [-0.1, -0.05) is 31.9 Å². The highest BCUT2D eigenvalue weighted by Crippen LogP contribution is 2.28. The Morgan fingerprint density at radius 3 is 2.65 bits per heavy atom. The van der Waals surface area contributed by atoms with Gasteiger partial charge in [-0.05, 0) is 37.8 Å². The van der Waals surface area contributed by atoms with Gasteiger partial charge < -0.3 is 4.90 Å². The fourth-order valence-corrected chi connectivity index (χ4v) is 3.13. The Hall–Kier alpha value is -1.51. The van der Waals surface area contributed by atoms with E-state index in [9.17, 15) is 0 Å². The molecule has 0 saturated carbocycles. The fraction of sp³-hybridized carbons (Fsp3) is 0.588. The quantitative estimate of drug-likeness (QED) is 0.759. The lowest BCUT2D eigenvalue weighted by Crippen LogP contribution is -2.30. The van der Waals surface area contributed by atoms with Crippen molar-refractivity contribution in [2.45, 2.75) is 52.0 Å². The predicted octanol–water partition coefficient (Wildman–Crippen LogP) is 4.22. The van der Waals surface area contributed by atoms with Crippen molar-refractivity contribution in [2.75, 3.05) is 18.0 Å². The molecule has 1 aliphatic heterocycles. The first kappa shape index (κ1) is 13.5. The summed E-state index contributed by atoms with van der Waals surface area (Å²) < 4.78 is 2.22. The summed E-state index contributed by atoms with van der Waals surface area (Å²) in [6, 6.07) is 8.69. The number of hydrogen-bond donors (Lipinski definition) is 0. The summed E-state index contributed by atoms with van der Waals surface area (Å²) in [5.74, 6) is 1.21. The fourth-order valence-electron chi connectivity index (χ4n) is 3.13. The van der Waals surface area contributed by atoms with Gasteiger partial charge in [0.25, 0.3) is 0 Å². The van der Waals surface area contributed by atoms with Crippen molar-refractivity contribution in [3.8, 4) is 0 Å². The minimum absolute atomic E-state index is 1.04. The van der Waals surface area contributed by atoms with Gasteiger partial charge in [0.05, 0.1) is 5.52 Å². The maximum atomic E-state index is 4.93. The van der Waals surface area contributed by atoms with E-state index >= 15 is 0 Å². The van der Waals surface area contributed by atoms with Gasteiger partial charge in [0.15, 0.2) is 5.82 Å². The van der Waals surface area contributed by atoms with Crippen molar-refractivity contribution in [3.63, 3.8) is 0 Å². The molecular weight excluding hydrogens is 246 g/mol. The zero-order valence-electron chi connectivity index (χ0n) is 12.5. The molecule has 0 aliphatic carbocycles. The summed E-state index contributed by atoms with van der Waals surface area (Å²) in [5.41, 5.74) is 1.30. The van der Waals surface area contributed by atoms with Crippen LogP contribution in [0.15, 0.2) is 24.3 Å². The van der Waals surface area contributed by atoms with E-state index in [4.69, 9.17) is 5.10 Å². The number of unbranched alkanes of at least 4 members (excludes halogenated alkanes) is 2. The van der Waals surface area contributed by atoms with Crippen molar-refractivity contribution in [3.05, 3.63) is 24.3 Å².